The summed E-state index contributed by atoms with van der Waals surface area (Å²) in [4.78, 5) is 12.9. The summed E-state index contributed by atoms with van der Waals surface area (Å²) < 4.78 is 36.2. The van der Waals surface area contributed by atoms with Crippen molar-refractivity contribution in [3.8, 4) is 6.07 Å². The number of likely N-dealkylation sites (tertiary alicyclic amines) is 1. The first kappa shape index (κ1) is 13.8. The molecule has 1 atom stereocenters. The van der Waals surface area contributed by atoms with Crippen molar-refractivity contribution >= 4 is 5.91 Å². The fraction of sp³-hybridized carbons (Fsp3) is 0.800. The SMILES string of the molecule is N#CC1CCN(C(=O)[C@@H](N)CC(F)(F)F)CC1. The second kappa shape index (κ2) is 5.36. The van der Waals surface area contributed by atoms with Crippen LogP contribution in [0.5, 0.6) is 0 Å². The van der Waals surface area contributed by atoms with Gasteiger partial charge in [0.15, 0.2) is 0 Å². The highest BCUT2D eigenvalue weighted by Crippen LogP contribution is 2.23. The third kappa shape index (κ3) is 4.23. The van der Waals surface area contributed by atoms with Crippen LogP contribution in [0.3, 0.4) is 0 Å². The first-order valence-corrected chi connectivity index (χ1v) is 5.34. The van der Waals surface area contributed by atoms with Gasteiger partial charge < -0.3 is 10.6 Å². The van der Waals surface area contributed by atoms with Gasteiger partial charge in [0.25, 0.3) is 0 Å². The van der Waals surface area contributed by atoms with Gasteiger partial charge in [0.1, 0.15) is 0 Å². The van der Waals surface area contributed by atoms with Gasteiger partial charge in [-0.3, -0.25) is 4.79 Å². The first-order valence-electron chi connectivity index (χ1n) is 5.34. The summed E-state index contributed by atoms with van der Waals surface area (Å²) in [7, 11) is 0. The third-order valence-corrected chi connectivity index (χ3v) is 2.76. The third-order valence-electron chi connectivity index (χ3n) is 2.76. The Bertz CT molecular complexity index is 316. The topological polar surface area (TPSA) is 70.1 Å². The lowest BCUT2D eigenvalue weighted by molar-refractivity contribution is -0.153. The Morgan fingerprint density at radius 3 is 2.41 bits per heavy atom. The number of rotatable bonds is 2. The van der Waals surface area contributed by atoms with Gasteiger partial charge in [-0.25, -0.2) is 0 Å². The number of nitriles is 1. The van der Waals surface area contributed by atoms with Crippen molar-refractivity contribution in [3.63, 3.8) is 0 Å². The number of carbonyl (C=O) groups excluding carboxylic acids is 1. The number of halogens is 3. The average molecular weight is 249 g/mol. The Morgan fingerprint density at radius 1 is 1.47 bits per heavy atom. The van der Waals surface area contributed by atoms with Gasteiger partial charge in [0, 0.05) is 19.0 Å². The van der Waals surface area contributed by atoms with Crippen molar-refractivity contribution in [1.82, 2.24) is 4.90 Å². The monoisotopic (exact) mass is 249 g/mol. The molecule has 17 heavy (non-hydrogen) atoms. The van der Waals surface area contributed by atoms with Crippen molar-refractivity contribution in [2.45, 2.75) is 31.5 Å². The number of piperidine rings is 1. The fourth-order valence-electron chi connectivity index (χ4n) is 1.80. The number of hydrogen-bond donors (Lipinski definition) is 1. The minimum Gasteiger partial charge on any atom is -0.341 e. The molecule has 0 aromatic carbocycles. The number of carbonyl (C=O) groups is 1. The fourth-order valence-corrected chi connectivity index (χ4v) is 1.80. The van der Waals surface area contributed by atoms with E-state index >= 15 is 0 Å². The minimum absolute atomic E-state index is 0.113. The zero-order valence-electron chi connectivity index (χ0n) is 9.20. The molecule has 0 saturated carbocycles. The zero-order valence-corrected chi connectivity index (χ0v) is 9.20. The van der Waals surface area contributed by atoms with Crippen molar-refractivity contribution in [2.75, 3.05) is 13.1 Å². The van der Waals surface area contributed by atoms with Gasteiger partial charge in [-0.2, -0.15) is 18.4 Å². The van der Waals surface area contributed by atoms with Crippen LogP contribution < -0.4 is 5.73 Å². The molecule has 1 aliphatic rings. The molecule has 0 radical (unpaired) electrons. The molecular formula is C10H14F3N3O. The molecule has 0 aromatic heterocycles. The van der Waals surface area contributed by atoms with Crippen molar-refractivity contribution in [3.05, 3.63) is 0 Å². The average Bonchev–Trinajstić information content (AvgIpc) is 2.26. The van der Waals surface area contributed by atoms with Crippen LogP contribution in [-0.4, -0.2) is 36.1 Å². The van der Waals surface area contributed by atoms with E-state index in [2.05, 4.69) is 6.07 Å². The summed E-state index contributed by atoms with van der Waals surface area (Å²) in [5, 5.41) is 8.65. The Labute approximate surface area is 97.2 Å². The van der Waals surface area contributed by atoms with Crippen LogP contribution in [0.4, 0.5) is 13.2 Å². The van der Waals surface area contributed by atoms with Crippen LogP contribution >= 0.6 is 0 Å². The van der Waals surface area contributed by atoms with E-state index in [9.17, 15) is 18.0 Å². The predicted octanol–water partition coefficient (Wildman–Crippen LogP) is 1.03. The second-order valence-electron chi connectivity index (χ2n) is 4.15. The highest BCUT2D eigenvalue weighted by Gasteiger charge is 2.35. The molecule has 2 N–H and O–H groups in total. The number of alkyl halides is 3. The molecule has 1 heterocycles. The molecule has 0 aliphatic carbocycles. The molecule has 1 rings (SSSR count). The quantitative estimate of drug-likeness (QED) is 0.794. The number of nitrogens with zero attached hydrogens (tertiary/aromatic N) is 2. The van der Waals surface area contributed by atoms with E-state index in [1.807, 2.05) is 0 Å². The van der Waals surface area contributed by atoms with Gasteiger partial charge in [0.2, 0.25) is 5.91 Å². The van der Waals surface area contributed by atoms with E-state index < -0.39 is 24.5 Å². The summed E-state index contributed by atoms with van der Waals surface area (Å²) in [5.41, 5.74) is 5.23. The maximum Gasteiger partial charge on any atom is 0.391 e. The van der Waals surface area contributed by atoms with Crippen molar-refractivity contribution in [1.29, 1.82) is 5.26 Å². The van der Waals surface area contributed by atoms with Gasteiger partial charge in [-0.1, -0.05) is 0 Å². The molecule has 4 nitrogen and oxygen atoms in total. The van der Waals surface area contributed by atoms with Gasteiger partial charge in [-0.15, -0.1) is 0 Å². The van der Waals surface area contributed by atoms with E-state index in [1.165, 1.54) is 4.90 Å². The lowest BCUT2D eigenvalue weighted by atomic mass is 9.98. The zero-order chi connectivity index (χ0) is 13.1. The Balaban J connectivity index is 2.46. The molecular weight excluding hydrogens is 235 g/mol. The Kier molecular flexibility index (Phi) is 4.34. The standard InChI is InChI=1S/C10H14F3N3O/c11-10(12,13)5-8(15)9(17)16-3-1-7(6-14)2-4-16/h7-8H,1-5,15H2/t8-/m0/s1. The summed E-state index contributed by atoms with van der Waals surface area (Å²) >= 11 is 0. The number of hydrogen-bond acceptors (Lipinski definition) is 3. The largest absolute Gasteiger partial charge is 0.391 e. The second-order valence-corrected chi connectivity index (χ2v) is 4.15. The molecule has 0 unspecified atom stereocenters. The normalized spacial score (nSPS) is 19.8. The summed E-state index contributed by atoms with van der Waals surface area (Å²) in [6.45, 7) is 0.616. The van der Waals surface area contributed by atoms with Crippen LogP contribution in [0.25, 0.3) is 0 Å². The molecule has 96 valence electrons. The summed E-state index contributed by atoms with van der Waals surface area (Å²) in [6, 6.07) is 0.548. The molecule has 0 aromatic rings. The molecule has 0 spiro atoms. The highest BCUT2D eigenvalue weighted by molar-refractivity contribution is 5.81. The highest BCUT2D eigenvalue weighted by atomic mass is 19.4. The minimum atomic E-state index is -4.43. The van der Waals surface area contributed by atoms with Crippen molar-refractivity contribution < 1.29 is 18.0 Å². The van der Waals surface area contributed by atoms with E-state index in [-0.39, 0.29) is 5.92 Å². The molecule has 7 heteroatoms. The summed E-state index contributed by atoms with van der Waals surface area (Å²) in [5.74, 6) is -0.795. The van der Waals surface area contributed by atoms with Gasteiger partial charge >= 0.3 is 6.18 Å². The first-order chi connectivity index (χ1) is 7.83. The lowest BCUT2D eigenvalue weighted by Crippen LogP contribution is -2.48. The van der Waals surface area contributed by atoms with Crippen molar-refractivity contribution in [2.24, 2.45) is 11.7 Å². The number of amides is 1. The molecule has 1 saturated heterocycles. The molecule has 1 fully saturated rings. The van der Waals surface area contributed by atoms with Crippen LogP contribution in [0.2, 0.25) is 0 Å². The summed E-state index contributed by atoms with van der Waals surface area (Å²) in [6.07, 6.45) is -4.73. The van der Waals surface area contributed by atoms with Gasteiger partial charge in [0.05, 0.1) is 18.5 Å². The Morgan fingerprint density at radius 2 is 2.00 bits per heavy atom. The molecule has 1 amide bonds. The maximum atomic E-state index is 12.1. The maximum absolute atomic E-state index is 12.1. The predicted molar refractivity (Wildman–Crippen MR) is 53.6 cm³/mol. The van der Waals surface area contributed by atoms with Crippen LogP contribution in [0.1, 0.15) is 19.3 Å². The Hall–Kier alpha value is -1.29. The van der Waals surface area contributed by atoms with E-state index in [0.717, 1.165) is 0 Å². The van der Waals surface area contributed by atoms with E-state index in [4.69, 9.17) is 11.0 Å². The van der Waals surface area contributed by atoms with E-state index in [0.29, 0.717) is 25.9 Å². The number of nitrogens with two attached hydrogens (primary N) is 1. The molecule has 1 aliphatic heterocycles. The van der Waals surface area contributed by atoms with Crippen LogP contribution in [-0.2, 0) is 4.79 Å². The van der Waals surface area contributed by atoms with Crippen LogP contribution in [0.15, 0.2) is 0 Å². The van der Waals surface area contributed by atoms with Crippen LogP contribution in [0, 0.1) is 17.2 Å². The lowest BCUT2D eigenvalue weighted by Gasteiger charge is -2.31. The van der Waals surface area contributed by atoms with Gasteiger partial charge in [-0.05, 0) is 12.8 Å². The van der Waals surface area contributed by atoms with E-state index in [1.54, 1.807) is 0 Å². The smallest absolute Gasteiger partial charge is 0.341 e. The molecule has 0 bridgehead atoms.